The smallest absolute Gasteiger partial charge is 0.411 e. The van der Waals surface area contributed by atoms with Crippen molar-refractivity contribution in [2.24, 2.45) is 0 Å². The lowest BCUT2D eigenvalue weighted by atomic mass is 9.98. The Morgan fingerprint density at radius 1 is 1.40 bits per heavy atom. The maximum absolute atomic E-state index is 12.2. The van der Waals surface area contributed by atoms with Gasteiger partial charge in [0, 0.05) is 12.6 Å². The Bertz CT molecular complexity index is 423. The summed E-state index contributed by atoms with van der Waals surface area (Å²) in [4.78, 5) is 26.9. The second kappa shape index (κ2) is 5.83. The zero-order chi connectivity index (χ0) is 15.7. The van der Waals surface area contributed by atoms with E-state index in [1.54, 1.807) is 27.7 Å². The predicted molar refractivity (Wildman–Crippen MR) is 75.6 cm³/mol. The average Bonchev–Trinajstić information content (AvgIpc) is 2.24. The highest BCUT2D eigenvalue weighted by Gasteiger charge is 2.38. The molecule has 1 aliphatic rings. The van der Waals surface area contributed by atoms with Crippen molar-refractivity contribution in [1.29, 1.82) is 0 Å². The molecule has 6 heteroatoms. The van der Waals surface area contributed by atoms with E-state index in [1.807, 2.05) is 25.1 Å². The van der Waals surface area contributed by atoms with Crippen LogP contribution in [0, 0.1) is 0 Å². The SMILES string of the molecule is CC1=C[C@@H](N(C)C)CN(C(=O)OC(C)(C)C)[C@@H]1C(=O)O. The van der Waals surface area contributed by atoms with Crippen LogP contribution in [0.4, 0.5) is 4.79 Å². The summed E-state index contributed by atoms with van der Waals surface area (Å²) in [5.41, 5.74) is -0.00340. The zero-order valence-corrected chi connectivity index (χ0v) is 13.0. The normalized spacial score (nSPS) is 23.6. The Hall–Kier alpha value is -1.56. The van der Waals surface area contributed by atoms with Crippen molar-refractivity contribution in [3.8, 4) is 0 Å². The molecule has 2 atom stereocenters. The van der Waals surface area contributed by atoms with E-state index in [0.29, 0.717) is 12.1 Å². The number of aliphatic carboxylic acids is 1. The molecule has 0 unspecified atom stereocenters. The second-order valence-electron chi connectivity index (χ2n) is 6.32. The Morgan fingerprint density at radius 3 is 2.35 bits per heavy atom. The van der Waals surface area contributed by atoms with Gasteiger partial charge in [-0.25, -0.2) is 9.59 Å². The zero-order valence-electron chi connectivity index (χ0n) is 13.0. The fourth-order valence-corrected chi connectivity index (χ4v) is 2.14. The van der Waals surface area contributed by atoms with E-state index in [2.05, 4.69) is 0 Å². The highest BCUT2D eigenvalue weighted by molar-refractivity contribution is 5.83. The van der Waals surface area contributed by atoms with Crippen molar-refractivity contribution < 1.29 is 19.4 Å². The molecule has 1 rings (SSSR count). The van der Waals surface area contributed by atoms with Crippen molar-refractivity contribution in [3.05, 3.63) is 11.6 Å². The Balaban J connectivity index is 3.04. The molecule has 1 aliphatic heterocycles. The van der Waals surface area contributed by atoms with Crippen molar-refractivity contribution in [3.63, 3.8) is 0 Å². The molecule has 114 valence electrons. The summed E-state index contributed by atoms with van der Waals surface area (Å²) in [6.45, 7) is 7.31. The fraction of sp³-hybridized carbons (Fsp3) is 0.714. The molecule has 1 heterocycles. The van der Waals surface area contributed by atoms with Gasteiger partial charge in [-0.2, -0.15) is 0 Å². The third-order valence-corrected chi connectivity index (χ3v) is 3.11. The first-order valence-corrected chi connectivity index (χ1v) is 6.60. The van der Waals surface area contributed by atoms with Crippen LogP contribution < -0.4 is 0 Å². The number of hydrogen-bond donors (Lipinski definition) is 1. The number of ether oxygens (including phenoxy) is 1. The van der Waals surface area contributed by atoms with Gasteiger partial charge in [-0.15, -0.1) is 0 Å². The van der Waals surface area contributed by atoms with Crippen LogP contribution >= 0.6 is 0 Å². The molecule has 0 fully saturated rings. The quantitative estimate of drug-likeness (QED) is 0.779. The molecule has 1 N–H and O–H groups in total. The molecule has 0 bridgehead atoms. The van der Waals surface area contributed by atoms with Gasteiger partial charge in [0.2, 0.25) is 0 Å². The molecular formula is C14H24N2O4. The van der Waals surface area contributed by atoms with Crippen LogP contribution in [0.25, 0.3) is 0 Å². The summed E-state index contributed by atoms with van der Waals surface area (Å²) < 4.78 is 5.31. The molecule has 20 heavy (non-hydrogen) atoms. The van der Waals surface area contributed by atoms with Gasteiger partial charge in [-0.3, -0.25) is 4.90 Å². The molecule has 0 aromatic heterocycles. The lowest BCUT2D eigenvalue weighted by Gasteiger charge is -2.39. The molecule has 0 aliphatic carbocycles. The summed E-state index contributed by atoms with van der Waals surface area (Å²) in [6, 6.07) is -0.973. The van der Waals surface area contributed by atoms with Gasteiger partial charge in [0.15, 0.2) is 6.04 Å². The van der Waals surface area contributed by atoms with E-state index in [1.165, 1.54) is 4.90 Å². The number of nitrogens with zero attached hydrogens (tertiary/aromatic N) is 2. The molecule has 1 amide bonds. The third kappa shape index (κ3) is 3.96. The Labute approximate surface area is 120 Å². The number of rotatable bonds is 2. The Kier molecular flexibility index (Phi) is 4.81. The number of carbonyl (C=O) groups excluding carboxylic acids is 1. The maximum atomic E-state index is 12.2. The monoisotopic (exact) mass is 284 g/mol. The van der Waals surface area contributed by atoms with E-state index in [9.17, 15) is 14.7 Å². The van der Waals surface area contributed by atoms with Crippen LogP contribution in [0.5, 0.6) is 0 Å². The first kappa shape index (κ1) is 16.5. The molecule has 0 spiro atoms. The summed E-state index contributed by atoms with van der Waals surface area (Å²) in [7, 11) is 3.78. The number of carbonyl (C=O) groups is 2. The average molecular weight is 284 g/mol. The summed E-state index contributed by atoms with van der Waals surface area (Å²) in [5.74, 6) is -1.04. The summed E-state index contributed by atoms with van der Waals surface area (Å²) in [5, 5.41) is 9.35. The van der Waals surface area contributed by atoms with Crippen LogP contribution in [0.2, 0.25) is 0 Å². The lowest BCUT2D eigenvalue weighted by Crippen LogP contribution is -2.55. The standard InChI is InChI=1S/C14H24N2O4/c1-9-7-10(15(5)6)8-16(11(9)12(17)18)13(19)20-14(2,3)4/h7,10-11H,8H2,1-6H3,(H,17,18)/t10-,11+/m1/s1. The second-order valence-corrected chi connectivity index (χ2v) is 6.32. The molecule has 0 radical (unpaired) electrons. The minimum atomic E-state index is -1.04. The van der Waals surface area contributed by atoms with E-state index < -0.39 is 23.7 Å². The summed E-state index contributed by atoms with van der Waals surface area (Å²) in [6.07, 6.45) is 1.30. The van der Waals surface area contributed by atoms with Gasteiger partial charge < -0.3 is 14.7 Å². The van der Waals surface area contributed by atoms with Crippen molar-refractivity contribution in [2.45, 2.75) is 45.4 Å². The first-order valence-electron chi connectivity index (χ1n) is 6.60. The van der Waals surface area contributed by atoms with Crippen LogP contribution in [0.3, 0.4) is 0 Å². The van der Waals surface area contributed by atoms with Crippen LogP contribution in [0.1, 0.15) is 27.7 Å². The van der Waals surface area contributed by atoms with Gasteiger partial charge in [-0.05, 0) is 47.4 Å². The number of carboxylic acid groups (broad SMARTS) is 1. The third-order valence-electron chi connectivity index (χ3n) is 3.11. The van der Waals surface area contributed by atoms with Gasteiger partial charge in [0.05, 0.1) is 0 Å². The molecule has 0 aromatic carbocycles. The number of amides is 1. The van der Waals surface area contributed by atoms with E-state index in [4.69, 9.17) is 4.74 Å². The van der Waals surface area contributed by atoms with Gasteiger partial charge >= 0.3 is 12.1 Å². The number of hydrogen-bond acceptors (Lipinski definition) is 4. The van der Waals surface area contributed by atoms with E-state index in [-0.39, 0.29) is 6.04 Å². The van der Waals surface area contributed by atoms with Gasteiger partial charge in [0.25, 0.3) is 0 Å². The number of carboxylic acids is 1. The van der Waals surface area contributed by atoms with Crippen LogP contribution in [-0.4, -0.2) is 65.3 Å². The summed E-state index contributed by atoms with van der Waals surface area (Å²) >= 11 is 0. The maximum Gasteiger partial charge on any atom is 0.411 e. The van der Waals surface area contributed by atoms with Crippen molar-refractivity contribution in [2.75, 3.05) is 20.6 Å². The molecule has 6 nitrogen and oxygen atoms in total. The molecule has 0 aromatic rings. The van der Waals surface area contributed by atoms with E-state index in [0.717, 1.165) is 0 Å². The largest absolute Gasteiger partial charge is 0.479 e. The topological polar surface area (TPSA) is 70.1 Å². The molecule has 0 saturated heterocycles. The van der Waals surface area contributed by atoms with Crippen LogP contribution in [-0.2, 0) is 9.53 Å². The minimum absolute atomic E-state index is 0.0156. The fourth-order valence-electron chi connectivity index (χ4n) is 2.14. The highest BCUT2D eigenvalue weighted by atomic mass is 16.6. The Morgan fingerprint density at radius 2 is 1.95 bits per heavy atom. The predicted octanol–water partition coefficient (Wildman–Crippen LogP) is 1.57. The number of likely N-dealkylation sites (N-methyl/N-ethyl adjacent to an activating group) is 1. The van der Waals surface area contributed by atoms with Gasteiger partial charge in [0.1, 0.15) is 5.60 Å². The van der Waals surface area contributed by atoms with Crippen molar-refractivity contribution >= 4 is 12.1 Å². The lowest BCUT2D eigenvalue weighted by molar-refractivity contribution is -0.142. The molecule has 0 saturated carbocycles. The first-order chi connectivity index (χ1) is 9.03. The van der Waals surface area contributed by atoms with E-state index >= 15 is 0 Å². The minimum Gasteiger partial charge on any atom is -0.479 e. The molecular weight excluding hydrogens is 260 g/mol. The highest BCUT2D eigenvalue weighted by Crippen LogP contribution is 2.23. The van der Waals surface area contributed by atoms with Crippen LogP contribution in [0.15, 0.2) is 11.6 Å². The van der Waals surface area contributed by atoms with Crippen molar-refractivity contribution in [1.82, 2.24) is 9.80 Å². The van der Waals surface area contributed by atoms with Gasteiger partial charge in [-0.1, -0.05) is 6.08 Å².